The van der Waals surface area contributed by atoms with Crippen LogP contribution in [-0.4, -0.2) is 15.6 Å². The van der Waals surface area contributed by atoms with Crippen molar-refractivity contribution in [3.63, 3.8) is 0 Å². The molecule has 0 spiro atoms. The number of nitrogens with zero attached hydrogens (tertiary/aromatic N) is 2. The molecule has 0 aromatic carbocycles. The van der Waals surface area contributed by atoms with Crippen LogP contribution >= 0.6 is 0 Å². The second kappa shape index (κ2) is 4.04. The van der Waals surface area contributed by atoms with Crippen molar-refractivity contribution in [2.24, 2.45) is 5.41 Å². The molecule has 2 aliphatic carbocycles. The fourth-order valence-corrected chi connectivity index (χ4v) is 3.03. The minimum Gasteiger partial charge on any atom is -0.353 e. The van der Waals surface area contributed by atoms with Gasteiger partial charge in [0.05, 0.1) is 0 Å². The summed E-state index contributed by atoms with van der Waals surface area (Å²) < 4.78 is 2.37. The van der Waals surface area contributed by atoms with E-state index in [4.69, 9.17) is 0 Å². The summed E-state index contributed by atoms with van der Waals surface area (Å²) >= 11 is 0. The Hall–Kier alpha value is -0.990. The highest BCUT2D eigenvalue weighted by molar-refractivity contribution is 5.30. The molecule has 1 atom stereocenters. The molecule has 1 unspecified atom stereocenters. The van der Waals surface area contributed by atoms with Gasteiger partial charge in [0.25, 0.3) is 0 Å². The van der Waals surface area contributed by atoms with Gasteiger partial charge in [-0.2, -0.15) is 0 Å². The molecule has 3 heteroatoms. The van der Waals surface area contributed by atoms with Gasteiger partial charge in [-0.05, 0) is 37.5 Å². The smallest absolute Gasteiger partial charge is 0.203 e. The number of aromatic nitrogens is 2. The van der Waals surface area contributed by atoms with Gasteiger partial charge in [0, 0.05) is 24.5 Å². The zero-order valence-corrected chi connectivity index (χ0v) is 10.9. The topological polar surface area (TPSA) is 29.9 Å². The highest BCUT2D eigenvalue weighted by atomic mass is 15.2. The Labute approximate surface area is 104 Å². The van der Waals surface area contributed by atoms with Crippen LogP contribution < -0.4 is 5.32 Å². The van der Waals surface area contributed by atoms with Gasteiger partial charge >= 0.3 is 0 Å². The van der Waals surface area contributed by atoms with Crippen molar-refractivity contribution in [3.8, 4) is 0 Å². The third-order valence-electron chi connectivity index (χ3n) is 4.15. The zero-order chi connectivity index (χ0) is 11.9. The molecule has 1 aromatic heterocycles. The summed E-state index contributed by atoms with van der Waals surface area (Å²) in [5.41, 5.74) is 0.490. The average molecular weight is 233 g/mol. The van der Waals surface area contributed by atoms with E-state index in [2.05, 4.69) is 34.9 Å². The molecule has 3 rings (SSSR count). The largest absolute Gasteiger partial charge is 0.353 e. The van der Waals surface area contributed by atoms with Crippen LogP contribution in [0.15, 0.2) is 12.4 Å². The van der Waals surface area contributed by atoms with Crippen LogP contribution in [0.25, 0.3) is 0 Å². The number of imidazole rings is 1. The van der Waals surface area contributed by atoms with Gasteiger partial charge < -0.3 is 9.88 Å². The van der Waals surface area contributed by atoms with E-state index in [0.29, 0.717) is 17.5 Å². The van der Waals surface area contributed by atoms with E-state index in [-0.39, 0.29) is 0 Å². The average Bonchev–Trinajstić information content (AvgIpc) is 2.93. The Kier molecular flexibility index (Phi) is 2.64. The Morgan fingerprint density at radius 1 is 1.35 bits per heavy atom. The summed E-state index contributed by atoms with van der Waals surface area (Å²) in [5.74, 6) is 1.09. The van der Waals surface area contributed by atoms with E-state index in [1.165, 1.54) is 38.5 Å². The fraction of sp³-hybridized carbons (Fsp3) is 0.786. The van der Waals surface area contributed by atoms with E-state index in [9.17, 15) is 0 Å². The Bertz CT molecular complexity index is 390. The first-order valence-corrected chi connectivity index (χ1v) is 6.93. The van der Waals surface area contributed by atoms with E-state index >= 15 is 0 Å². The number of hydrogen-bond donors (Lipinski definition) is 1. The quantitative estimate of drug-likeness (QED) is 0.864. The zero-order valence-electron chi connectivity index (χ0n) is 10.9. The molecule has 1 N–H and O–H groups in total. The lowest BCUT2D eigenvalue weighted by atomic mass is 9.75. The van der Waals surface area contributed by atoms with Crippen LogP contribution in [0.4, 0.5) is 5.95 Å². The molecule has 0 bridgehead atoms. The summed E-state index contributed by atoms with van der Waals surface area (Å²) in [6, 6.07) is 1.33. The number of nitrogens with one attached hydrogen (secondary N) is 1. The second-order valence-electron chi connectivity index (χ2n) is 6.49. The van der Waals surface area contributed by atoms with Crippen molar-refractivity contribution in [2.45, 2.75) is 64.5 Å². The van der Waals surface area contributed by atoms with Crippen LogP contribution in [0.1, 0.15) is 58.4 Å². The van der Waals surface area contributed by atoms with Gasteiger partial charge in [-0.25, -0.2) is 4.98 Å². The van der Waals surface area contributed by atoms with Crippen molar-refractivity contribution >= 4 is 5.95 Å². The monoisotopic (exact) mass is 233 g/mol. The Morgan fingerprint density at radius 2 is 2.18 bits per heavy atom. The first-order chi connectivity index (χ1) is 8.14. The fourth-order valence-electron chi connectivity index (χ4n) is 3.03. The SMILES string of the molecule is CC1(C)CCCC(n2ccnc2NC2CC2)C1. The minimum atomic E-state index is 0.490. The molecule has 17 heavy (non-hydrogen) atoms. The Balaban J connectivity index is 1.75. The van der Waals surface area contributed by atoms with Gasteiger partial charge in [-0.1, -0.05) is 20.3 Å². The first kappa shape index (κ1) is 11.1. The molecule has 0 amide bonds. The lowest BCUT2D eigenvalue weighted by molar-refractivity contribution is 0.184. The van der Waals surface area contributed by atoms with Gasteiger partial charge in [0.15, 0.2) is 0 Å². The third-order valence-corrected chi connectivity index (χ3v) is 4.15. The van der Waals surface area contributed by atoms with E-state index < -0.39 is 0 Å². The van der Waals surface area contributed by atoms with Crippen LogP contribution in [0.3, 0.4) is 0 Å². The lowest BCUT2D eigenvalue weighted by Crippen LogP contribution is -2.25. The van der Waals surface area contributed by atoms with Crippen LogP contribution in [0.2, 0.25) is 0 Å². The normalized spacial score (nSPS) is 28.0. The third kappa shape index (κ3) is 2.48. The molecule has 0 saturated heterocycles. The van der Waals surface area contributed by atoms with Crippen molar-refractivity contribution in [2.75, 3.05) is 5.32 Å². The molecule has 1 heterocycles. The number of anilines is 1. The minimum absolute atomic E-state index is 0.490. The molecule has 94 valence electrons. The predicted octanol–water partition coefficient (Wildman–Crippen LogP) is 3.60. The molecule has 2 saturated carbocycles. The Morgan fingerprint density at radius 3 is 2.88 bits per heavy atom. The molecule has 2 fully saturated rings. The number of hydrogen-bond acceptors (Lipinski definition) is 2. The van der Waals surface area contributed by atoms with Crippen molar-refractivity contribution in [1.82, 2.24) is 9.55 Å². The van der Waals surface area contributed by atoms with E-state index in [0.717, 1.165) is 5.95 Å². The highest BCUT2D eigenvalue weighted by Gasteiger charge is 2.30. The molecule has 1 aromatic rings. The maximum absolute atomic E-state index is 4.47. The summed E-state index contributed by atoms with van der Waals surface area (Å²) in [5, 5.41) is 3.54. The number of rotatable bonds is 3. The highest BCUT2D eigenvalue weighted by Crippen LogP contribution is 2.42. The standard InChI is InChI=1S/C14H23N3/c1-14(2)7-3-4-12(10-14)17-9-8-15-13(17)16-11-5-6-11/h8-9,11-12H,3-7,10H2,1-2H3,(H,15,16). The van der Waals surface area contributed by atoms with Crippen LogP contribution in [0.5, 0.6) is 0 Å². The molecular weight excluding hydrogens is 210 g/mol. The molecular formula is C14H23N3. The van der Waals surface area contributed by atoms with E-state index in [1.54, 1.807) is 0 Å². The van der Waals surface area contributed by atoms with Gasteiger partial charge in [0.2, 0.25) is 5.95 Å². The van der Waals surface area contributed by atoms with Crippen molar-refractivity contribution < 1.29 is 0 Å². The van der Waals surface area contributed by atoms with Crippen LogP contribution in [0, 0.1) is 5.41 Å². The molecule has 2 aliphatic rings. The first-order valence-electron chi connectivity index (χ1n) is 6.93. The van der Waals surface area contributed by atoms with Crippen molar-refractivity contribution in [1.29, 1.82) is 0 Å². The predicted molar refractivity (Wildman–Crippen MR) is 70.2 cm³/mol. The van der Waals surface area contributed by atoms with Crippen molar-refractivity contribution in [3.05, 3.63) is 12.4 Å². The van der Waals surface area contributed by atoms with Gasteiger partial charge in [0.1, 0.15) is 0 Å². The molecule has 0 radical (unpaired) electrons. The van der Waals surface area contributed by atoms with Crippen LogP contribution in [-0.2, 0) is 0 Å². The maximum atomic E-state index is 4.47. The lowest BCUT2D eigenvalue weighted by Gasteiger charge is -2.36. The molecule has 3 nitrogen and oxygen atoms in total. The van der Waals surface area contributed by atoms with E-state index in [1.807, 2.05) is 6.20 Å². The summed E-state index contributed by atoms with van der Waals surface area (Å²) in [7, 11) is 0. The summed E-state index contributed by atoms with van der Waals surface area (Å²) in [4.78, 5) is 4.47. The maximum Gasteiger partial charge on any atom is 0.203 e. The summed E-state index contributed by atoms with van der Waals surface area (Å²) in [6.45, 7) is 4.79. The molecule has 0 aliphatic heterocycles. The van der Waals surface area contributed by atoms with Gasteiger partial charge in [-0.3, -0.25) is 0 Å². The summed E-state index contributed by atoms with van der Waals surface area (Å²) in [6.07, 6.45) is 12.0. The second-order valence-corrected chi connectivity index (χ2v) is 6.49. The van der Waals surface area contributed by atoms with Gasteiger partial charge in [-0.15, -0.1) is 0 Å².